The molecule has 1 fully saturated rings. The van der Waals surface area contributed by atoms with Crippen molar-refractivity contribution in [2.24, 2.45) is 5.92 Å². The van der Waals surface area contributed by atoms with Gasteiger partial charge in [-0.2, -0.15) is 0 Å². The first-order valence-electron chi connectivity index (χ1n) is 7.98. The number of piperidine rings is 1. The van der Waals surface area contributed by atoms with E-state index in [1.807, 2.05) is 6.92 Å². The molecule has 1 aliphatic rings. The maximum atomic E-state index is 12.6. The van der Waals surface area contributed by atoms with Crippen LogP contribution in [-0.2, 0) is 14.6 Å². The third kappa shape index (κ3) is 4.15. The van der Waals surface area contributed by atoms with Crippen LogP contribution in [0.3, 0.4) is 0 Å². The first kappa shape index (κ1) is 18.9. The SMILES string of the molecule is COCC[C@]1(O)CCN(C(=O)c2ccc(S(C)(=O)=O)cc2)C[C@H]1C. The Balaban J connectivity index is 2.07. The number of aliphatic hydroxyl groups is 1. The summed E-state index contributed by atoms with van der Waals surface area (Å²) < 4.78 is 28.0. The predicted octanol–water partition coefficient (Wildman–Crippen LogP) is 1.34. The molecule has 0 unspecified atom stereocenters. The topological polar surface area (TPSA) is 83.9 Å². The highest BCUT2D eigenvalue weighted by Crippen LogP contribution is 2.31. The molecule has 0 saturated carbocycles. The van der Waals surface area contributed by atoms with E-state index in [2.05, 4.69) is 0 Å². The van der Waals surface area contributed by atoms with Crippen molar-refractivity contribution < 1.29 is 23.1 Å². The second-order valence-corrected chi connectivity index (χ2v) is 8.56. The lowest BCUT2D eigenvalue weighted by Gasteiger charge is -2.43. The maximum absolute atomic E-state index is 12.6. The van der Waals surface area contributed by atoms with Gasteiger partial charge in [0.15, 0.2) is 9.84 Å². The number of sulfone groups is 1. The molecule has 6 nitrogen and oxygen atoms in total. The Labute approximate surface area is 143 Å². The summed E-state index contributed by atoms with van der Waals surface area (Å²) in [5.41, 5.74) is -0.357. The van der Waals surface area contributed by atoms with Crippen molar-refractivity contribution in [1.29, 1.82) is 0 Å². The molecule has 1 aliphatic heterocycles. The molecular formula is C17H25NO5S. The van der Waals surface area contributed by atoms with Crippen LogP contribution in [0.25, 0.3) is 0 Å². The lowest BCUT2D eigenvalue weighted by Crippen LogP contribution is -2.52. The monoisotopic (exact) mass is 355 g/mol. The summed E-state index contributed by atoms with van der Waals surface area (Å²) in [6.07, 6.45) is 2.19. The molecule has 0 bridgehead atoms. The van der Waals surface area contributed by atoms with Gasteiger partial charge >= 0.3 is 0 Å². The first-order chi connectivity index (χ1) is 11.2. The van der Waals surface area contributed by atoms with Crippen LogP contribution in [0, 0.1) is 5.92 Å². The van der Waals surface area contributed by atoms with Gasteiger partial charge in [0.05, 0.1) is 10.5 Å². The minimum Gasteiger partial charge on any atom is -0.389 e. The number of benzene rings is 1. The zero-order valence-electron chi connectivity index (χ0n) is 14.4. The summed E-state index contributed by atoms with van der Waals surface area (Å²) in [6, 6.07) is 5.97. The van der Waals surface area contributed by atoms with Crippen molar-refractivity contribution in [3.63, 3.8) is 0 Å². The largest absolute Gasteiger partial charge is 0.389 e. The highest BCUT2D eigenvalue weighted by atomic mass is 32.2. The summed E-state index contributed by atoms with van der Waals surface area (Å²) in [5.74, 6) is -0.198. The quantitative estimate of drug-likeness (QED) is 0.862. The molecule has 24 heavy (non-hydrogen) atoms. The molecule has 0 radical (unpaired) electrons. The smallest absolute Gasteiger partial charge is 0.253 e. The van der Waals surface area contributed by atoms with Crippen LogP contribution in [0.1, 0.15) is 30.1 Å². The van der Waals surface area contributed by atoms with E-state index in [-0.39, 0.29) is 16.7 Å². The van der Waals surface area contributed by atoms with E-state index < -0.39 is 15.4 Å². The Hall–Kier alpha value is -1.44. The highest BCUT2D eigenvalue weighted by molar-refractivity contribution is 7.90. The van der Waals surface area contributed by atoms with Crippen LogP contribution in [0.5, 0.6) is 0 Å². The van der Waals surface area contributed by atoms with Crippen molar-refractivity contribution in [2.75, 3.05) is 33.1 Å². The number of amides is 1. The molecule has 0 aromatic heterocycles. The Bertz CT molecular complexity index is 685. The summed E-state index contributed by atoms with van der Waals surface area (Å²) in [5, 5.41) is 10.7. The second kappa shape index (κ2) is 7.21. The lowest BCUT2D eigenvalue weighted by atomic mass is 9.79. The van der Waals surface area contributed by atoms with Crippen molar-refractivity contribution in [3.05, 3.63) is 29.8 Å². The van der Waals surface area contributed by atoms with Crippen LogP contribution in [0.2, 0.25) is 0 Å². The zero-order valence-corrected chi connectivity index (χ0v) is 15.2. The Morgan fingerprint density at radius 1 is 1.38 bits per heavy atom. The molecule has 1 heterocycles. The molecule has 0 spiro atoms. The average molecular weight is 355 g/mol. The fourth-order valence-electron chi connectivity index (χ4n) is 3.03. The Kier molecular flexibility index (Phi) is 5.67. The van der Waals surface area contributed by atoms with Crippen LogP contribution in [0.15, 0.2) is 29.2 Å². The third-order valence-electron chi connectivity index (χ3n) is 4.78. The molecule has 2 rings (SSSR count). The van der Waals surface area contributed by atoms with Crippen LogP contribution >= 0.6 is 0 Å². The van der Waals surface area contributed by atoms with Crippen molar-refractivity contribution in [1.82, 2.24) is 4.90 Å². The van der Waals surface area contributed by atoms with Crippen molar-refractivity contribution in [2.45, 2.75) is 30.3 Å². The zero-order chi connectivity index (χ0) is 18.0. The molecule has 1 amide bonds. The average Bonchev–Trinajstić information content (AvgIpc) is 2.54. The summed E-state index contributed by atoms with van der Waals surface area (Å²) in [6.45, 7) is 3.35. The van der Waals surface area contributed by atoms with E-state index >= 15 is 0 Å². The molecule has 7 heteroatoms. The molecule has 2 atom stereocenters. The molecule has 0 aliphatic carbocycles. The number of ether oxygens (including phenoxy) is 1. The van der Waals surface area contributed by atoms with E-state index in [1.165, 1.54) is 24.3 Å². The van der Waals surface area contributed by atoms with Gasteiger partial charge in [-0.15, -0.1) is 0 Å². The van der Waals surface area contributed by atoms with E-state index in [4.69, 9.17) is 4.74 Å². The maximum Gasteiger partial charge on any atom is 0.253 e. The van der Waals surface area contributed by atoms with Crippen LogP contribution in [-0.4, -0.2) is 63.0 Å². The first-order valence-corrected chi connectivity index (χ1v) is 9.87. The number of nitrogens with zero attached hydrogens (tertiary/aromatic N) is 1. The van der Waals surface area contributed by atoms with Gasteiger partial charge < -0.3 is 14.7 Å². The highest BCUT2D eigenvalue weighted by Gasteiger charge is 2.39. The fourth-order valence-corrected chi connectivity index (χ4v) is 3.66. The molecule has 1 aromatic rings. The van der Waals surface area contributed by atoms with Crippen LogP contribution in [0.4, 0.5) is 0 Å². The van der Waals surface area contributed by atoms with E-state index in [0.717, 1.165) is 6.26 Å². The number of carbonyl (C=O) groups is 1. The summed E-state index contributed by atoms with van der Waals surface area (Å²) in [7, 11) is -1.67. The van der Waals surface area contributed by atoms with E-state index in [9.17, 15) is 18.3 Å². The molecular weight excluding hydrogens is 330 g/mol. The summed E-state index contributed by atoms with van der Waals surface area (Å²) >= 11 is 0. The number of carbonyl (C=O) groups excluding carboxylic acids is 1. The molecule has 134 valence electrons. The normalized spacial score (nSPS) is 24.8. The number of methoxy groups -OCH3 is 1. The number of rotatable bonds is 5. The fraction of sp³-hybridized carbons (Fsp3) is 0.588. The number of likely N-dealkylation sites (tertiary alicyclic amines) is 1. The van der Waals surface area contributed by atoms with Crippen molar-refractivity contribution >= 4 is 15.7 Å². The van der Waals surface area contributed by atoms with Gasteiger partial charge in [0.25, 0.3) is 5.91 Å². The standard InChI is InChI=1S/C17H25NO5S/c1-13-12-18(10-8-17(13,20)9-11-23-2)16(19)14-4-6-15(7-5-14)24(3,21)22/h4-7,13,20H,8-12H2,1-3H3/t13-,17-/m1/s1. The predicted molar refractivity (Wildman–Crippen MR) is 90.7 cm³/mol. The third-order valence-corrected chi connectivity index (χ3v) is 5.91. The summed E-state index contributed by atoms with van der Waals surface area (Å²) in [4.78, 5) is 14.5. The number of hydrogen-bond acceptors (Lipinski definition) is 5. The minimum absolute atomic E-state index is 0.0550. The lowest BCUT2D eigenvalue weighted by molar-refractivity contribution is -0.0750. The van der Waals surface area contributed by atoms with Crippen molar-refractivity contribution in [3.8, 4) is 0 Å². The number of hydrogen-bond donors (Lipinski definition) is 1. The second-order valence-electron chi connectivity index (χ2n) is 6.55. The van der Waals surface area contributed by atoms with Gasteiger partial charge in [-0.1, -0.05) is 6.92 Å². The molecule has 1 N–H and O–H groups in total. The van der Waals surface area contributed by atoms with E-state index in [1.54, 1.807) is 12.0 Å². The van der Waals surface area contributed by atoms with Gasteiger partial charge in [0.2, 0.25) is 0 Å². The van der Waals surface area contributed by atoms with Crippen LogP contribution < -0.4 is 0 Å². The minimum atomic E-state index is -3.27. The van der Waals surface area contributed by atoms with Gasteiger partial charge in [0, 0.05) is 44.5 Å². The van der Waals surface area contributed by atoms with Gasteiger partial charge in [-0.3, -0.25) is 4.79 Å². The Morgan fingerprint density at radius 2 is 2.00 bits per heavy atom. The molecule has 1 aromatic carbocycles. The Morgan fingerprint density at radius 3 is 2.50 bits per heavy atom. The molecule has 1 saturated heterocycles. The van der Waals surface area contributed by atoms with Gasteiger partial charge in [-0.25, -0.2) is 8.42 Å². The van der Waals surface area contributed by atoms with Gasteiger partial charge in [0.1, 0.15) is 0 Å². The van der Waals surface area contributed by atoms with Gasteiger partial charge in [-0.05, 0) is 37.1 Å². The van der Waals surface area contributed by atoms with E-state index in [0.29, 0.717) is 38.1 Å².